The van der Waals surface area contributed by atoms with Gasteiger partial charge in [-0.2, -0.15) is 0 Å². The number of carbonyl (C=O) groups is 1. The van der Waals surface area contributed by atoms with Crippen LogP contribution in [0, 0.1) is 6.92 Å². The lowest BCUT2D eigenvalue weighted by Crippen LogP contribution is -2.13. The minimum atomic E-state index is -2.98. The second-order valence-electron chi connectivity index (χ2n) is 6.08. The molecule has 0 spiro atoms. The molecule has 1 aliphatic heterocycles. The summed E-state index contributed by atoms with van der Waals surface area (Å²) in [6.45, 7) is 1.86. The summed E-state index contributed by atoms with van der Waals surface area (Å²) in [4.78, 5) is 20.9. The van der Waals surface area contributed by atoms with Gasteiger partial charge >= 0.3 is 0 Å². The maximum atomic E-state index is 12.3. The highest BCUT2D eigenvalue weighted by atomic mass is 32.2. The van der Waals surface area contributed by atoms with Crippen LogP contribution in [-0.4, -0.2) is 40.4 Å². The summed E-state index contributed by atoms with van der Waals surface area (Å²) in [6.07, 6.45) is 2.23. The van der Waals surface area contributed by atoms with Crippen molar-refractivity contribution >= 4 is 43.2 Å². The van der Waals surface area contributed by atoms with Gasteiger partial charge in [0.05, 0.1) is 28.6 Å². The van der Waals surface area contributed by atoms with Crippen LogP contribution >= 0.6 is 11.3 Å². The van der Waals surface area contributed by atoms with Crippen LogP contribution in [0.25, 0.3) is 11.0 Å². The molecule has 3 aromatic rings. The van der Waals surface area contributed by atoms with Gasteiger partial charge in [-0.05, 0) is 31.5 Å². The molecule has 2 aromatic heterocycles. The van der Waals surface area contributed by atoms with Gasteiger partial charge in [0.25, 0.3) is 5.91 Å². The number of carbonyl (C=O) groups excluding carboxylic acids is 1. The highest BCUT2D eigenvalue weighted by molar-refractivity contribution is 7.91. The molecule has 1 aliphatic rings. The summed E-state index contributed by atoms with van der Waals surface area (Å²) in [5.41, 5.74) is 2.03. The Morgan fingerprint density at radius 1 is 1.40 bits per heavy atom. The van der Waals surface area contributed by atoms with E-state index in [-0.39, 0.29) is 23.5 Å². The van der Waals surface area contributed by atoms with Crippen molar-refractivity contribution in [1.82, 2.24) is 14.5 Å². The molecular weight excluding hydrogens is 360 g/mol. The molecular formula is C16H16N4O3S2. The number of benzene rings is 1. The Balaban J connectivity index is 1.67. The van der Waals surface area contributed by atoms with Crippen molar-refractivity contribution in [3.8, 4) is 0 Å². The van der Waals surface area contributed by atoms with Crippen molar-refractivity contribution in [2.24, 2.45) is 0 Å². The Labute approximate surface area is 148 Å². The Hall–Kier alpha value is -2.26. The van der Waals surface area contributed by atoms with Crippen LogP contribution in [0.1, 0.15) is 28.6 Å². The quantitative estimate of drug-likeness (QED) is 0.758. The molecule has 1 atom stereocenters. The minimum Gasteiger partial charge on any atom is -0.324 e. The number of hydrogen-bond donors (Lipinski definition) is 1. The third kappa shape index (κ3) is 3.05. The van der Waals surface area contributed by atoms with E-state index < -0.39 is 9.84 Å². The molecule has 0 bridgehead atoms. The molecule has 0 radical (unpaired) electrons. The largest absolute Gasteiger partial charge is 0.324 e. The van der Waals surface area contributed by atoms with E-state index in [0.717, 1.165) is 11.3 Å². The first kappa shape index (κ1) is 16.2. The van der Waals surface area contributed by atoms with Gasteiger partial charge in [0.1, 0.15) is 5.82 Å². The van der Waals surface area contributed by atoms with Crippen LogP contribution in [0.15, 0.2) is 29.8 Å². The molecule has 1 saturated heterocycles. The van der Waals surface area contributed by atoms with E-state index in [2.05, 4.69) is 15.3 Å². The van der Waals surface area contributed by atoms with Gasteiger partial charge in [-0.1, -0.05) is 0 Å². The summed E-state index contributed by atoms with van der Waals surface area (Å²) in [5.74, 6) is 0.874. The number of hydrogen-bond acceptors (Lipinski definition) is 6. The Morgan fingerprint density at radius 3 is 2.92 bits per heavy atom. The molecule has 1 fully saturated rings. The van der Waals surface area contributed by atoms with E-state index in [9.17, 15) is 13.2 Å². The topological polar surface area (TPSA) is 93.9 Å². The van der Waals surface area contributed by atoms with Gasteiger partial charge in [0, 0.05) is 17.1 Å². The van der Waals surface area contributed by atoms with Crippen molar-refractivity contribution in [3.05, 3.63) is 41.2 Å². The average molecular weight is 376 g/mol. The fourth-order valence-corrected chi connectivity index (χ4v) is 5.48. The van der Waals surface area contributed by atoms with Crippen molar-refractivity contribution < 1.29 is 13.2 Å². The van der Waals surface area contributed by atoms with E-state index in [1.165, 1.54) is 11.3 Å². The standard InChI is InChI=1S/C16H16N4O3S2/c1-10-18-13-8-11(15(21)19-16-17-5-6-24-16)2-3-14(13)20(10)12-4-7-25(22,23)9-12/h2-3,5-6,8,12H,4,7,9H2,1H3,(H,17,19,21). The lowest BCUT2D eigenvalue weighted by Gasteiger charge is -2.13. The molecule has 3 heterocycles. The summed E-state index contributed by atoms with van der Waals surface area (Å²) < 4.78 is 25.5. The maximum absolute atomic E-state index is 12.3. The Kier molecular flexibility index (Phi) is 3.84. The molecule has 1 N–H and O–H groups in total. The molecule has 9 heteroatoms. The minimum absolute atomic E-state index is 0.0926. The Morgan fingerprint density at radius 2 is 2.24 bits per heavy atom. The van der Waals surface area contributed by atoms with Crippen molar-refractivity contribution in [2.45, 2.75) is 19.4 Å². The number of sulfone groups is 1. The second-order valence-corrected chi connectivity index (χ2v) is 9.20. The predicted molar refractivity (Wildman–Crippen MR) is 96.8 cm³/mol. The second kappa shape index (κ2) is 5.92. The summed E-state index contributed by atoms with van der Waals surface area (Å²) in [6, 6.07) is 5.19. The van der Waals surface area contributed by atoms with E-state index in [0.29, 0.717) is 22.6 Å². The Bertz CT molecular complexity index is 1050. The van der Waals surface area contributed by atoms with Crippen LogP contribution in [0.5, 0.6) is 0 Å². The maximum Gasteiger partial charge on any atom is 0.257 e. The van der Waals surface area contributed by atoms with Crippen molar-refractivity contribution in [1.29, 1.82) is 0 Å². The van der Waals surface area contributed by atoms with Crippen molar-refractivity contribution in [2.75, 3.05) is 16.8 Å². The fraction of sp³-hybridized carbons (Fsp3) is 0.312. The number of rotatable bonds is 3. The average Bonchev–Trinajstić information content (AvgIpc) is 3.25. The molecule has 130 valence electrons. The lowest BCUT2D eigenvalue weighted by atomic mass is 10.1. The molecule has 1 aromatic carbocycles. The summed E-state index contributed by atoms with van der Waals surface area (Å²) in [7, 11) is -2.98. The molecule has 7 nitrogen and oxygen atoms in total. The first-order chi connectivity index (χ1) is 11.9. The number of thiazole rings is 1. The molecule has 1 unspecified atom stereocenters. The van der Waals surface area contributed by atoms with E-state index in [4.69, 9.17) is 0 Å². The number of nitrogens with zero attached hydrogens (tertiary/aromatic N) is 3. The zero-order chi connectivity index (χ0) is 17.6. The van der Waals surface area contributed by atoms with Gasteiger partial charge in [-0.25, -0.2) is 18.4 Å². The van der Waals surface area contributed by atoms with Crippen LogP contribution in [-0.2, 0) is 9.84 Å². The first-order valence-corrected chi connectivity index (χ1v) is 10.5. The third-order valence-electron chi connectivity index (χ3n) is 4.35. The van der Waals surface area contributed by atoms with Crippen LogP contribution < -0.4 is 5.32 Å². The highest BCUT2D eigenvalue weighted by Crippen LogP contribution is 2.29. The zero-order valence-electron chi connectivity index (χ0n) is 13.5. The van der Waals surface area contributed by atoms with E-state index >= 15 is 0 Å². The first-order valence-electron chi connectivity index (χ1n) is 7.83. The number of imidazole rings is 1. The number of amides is 1. The normalized spacial score (nSPS) is 19.3. The van der Waals surface area contributed by atoms with Crippen LogP contribution in [0.4, 0.5) is 5.13 Å². The zero-order valence-corrected chi connectivity index (χ0v) is 15.1. The number of nitrogens with one attached hydrogen (secondary N) is 1. The van der Waals surface area contributed by atoms with E-state index in [1.54, 1.807) is 23.7 Å². The summed E-state index contributed by atoms with van der Waals surface area (Å²) >= 11 is 1.35. The van der Waals surface area contributed by atoms with Crippen LogP contribution in [0.3, 0.4) is 0 Å². The smallest absolute Gasteiger partial charge is 0.257 e. The monoisotopic (exact) mass is 376 g/mol. The van der Waals surface area contributed by atoms with Gasteiger partial charge in [0.15, 0.2) is 15.0 Å². The SMILES string of the molecule is Cc1nc2cc(C(=O)Nc3nccs3)ccc2n1C1CCS(=O)(=O)C1. The van der Waals surface area contributed by atoms with Crippen LogP contribution in [0.2, 0.25) is 0 Å². The number of aryl methyl sites for hydroxylation is 1. The highest BCUT2D eigenvalue weighted by Gasteiger charge is 2.31. The van der Waals surface area contributed by atoms with Crippen molar-refractivity contribution in [3.63, 3.8) is 0 Å². The molecule has 25 heavy (non-hydrogen) atoms. The van der Waals surface area contributed by atoms with Gasteiger partial charge in [0.2, 0.25) is 0 Å². The number of fused-ring (bicyclic) bond motifs is 1. The fourth-order valence-electron chi connectivity index (χ4n) is 3.25. The van der Waals surface area contributed by atoms with Gasteiger partial charge < -0.3 is 4.57 Å². The van der Waals surface area contributed by atoms with Gasteiger partial charge in [-0.15, -0.1) is 11.3 Å². The number of anilines is 1. The van der Waals surface area contributed by atoms with E-state index in [1.807, 2.05) is 17.6 Å². The summed E-state index contributed by atoms with van der Waals surface area (Å²) in [5, 5.41) is 5.08. The third-order valence-corrected chi connectivity index (χ3v) is 6.79. The molecule has 4 rings (SSSR count). The molecule has 1 amide bonds. The lowest BCUT2D eigenvalue weighted by molar-refractivity contribution is 0.102. The predicted octanol–water partition coefficient (Wildman–Crippen LogP) is 2.41. The number of aromatic nitrogens is 3. The molecule has 0 saturated carbocycles. The molecule has 0 aliphatic carbocycles. The van der Waals surface area contributed by atoms with Gasteiger partial charge in [-0.3, -0.25) is 10.1 Å².